The van der Waals surface area contributed by atoms with Gasteiger partial charge in [0, 0.05) is 12.0 Å². The number of hydrogen-bond donors (Lipinski definition) is 1. The van der Waals surface area contributed by atoms with E-state index in [-0.39, 0.29) is 18.5 Å². The van der Waals surface area contributed by atoms with Gasteiger partial charge in [-0.1, -0.05) is 12.8 Å². The minimum atomic E-state index is -0.486. The fourth-order valence-electron chi connectivity index (χ4n) is 1.86. The summed E-state index contributed by atoms with van der Waals surface area (Å²) in [4.78, 5) is 24.2. The lowest BCUT2D eigenvalue weighted by Gasteiger charge is -2.21. The van der Waals surface area contributed by atoms with Gasteiger partial charge < -0.3 is 15.0 Å². The van der Waals surface area contributed by atoms with Crippen molar-refractivity contribution in [3.05, 3.63) is 0 Å². The number of carbonyl (C=O) groups is 2. The van der Waals surface area contributed by atoms with Gasteiger partial charge in [0.2, 0.25) is 5.91 Å². The number of rotatable bonds is 3. The number of aldehydes is 1. The monoisotopic (exact) mass is 208 g/mol. The van der Waals surface area contributed by atoms with Crippen molar-refractivity contribution in [2.75, 3.05) is 20.1 Å². The maximum absolute atomic E-state index is 11.7. The van der Waals surface area contributed by atoms with E-state index in [1.807, 2.05) is 6.92 Å². The third kappa shape index (κ3) is 2.37. The van der Waals surface area contributed by atoms with Gasteiger partial charge in [0.15, 0.2) is 0 Å². The maximum Gasteiger partial charge on any atom is 0.237 e. The molecule has 1 unspecified atom stereocenters. The molecule has 1 fully saturated rings. The smallest absolute Gasteiger partial charge is 0.237 e. The summed E-state index contributed by atoms with van der Waals surface area (Å²) in [7, 11) is 1.71. The van der Waals surface area contributed by atoms with Crippen molar-refractivity contribution in [3.8, 4) is 12.3 Å². The van der Waals surface area contributed by atoms with Gasteiger partial charge in [0.1, 0.15) is 6.29 Å². The number of nitrogens with one attached hydrogen (secondary N) is 1. The van der Waals surface area contributed by atoms with Crippen molar-refractivity contribution in [1.82, 2.24) is 10.2 Å². The third-order valence-corrected chi connectivity index (χ3v) is 2.69. The van der Waals surface area contributed by atoms with Crippen LogP contribution in [0.3, 0.4) is 0 Å². The quantitative estimate of drug-likeness (QED) is 0.509. The molecule has 0 saturated carbocycles. The molecule has 15 heavy (non-hydrogen) atoms. The maximum atomic E-state index is 11.7. The molecule has 1 aliphatic rings. The van der Waals surface area contributed by atoms with Gasteiger partial charge in [-0.3, -0.25) is 4.79 Å². The molecule has 4 nitrogen and oxygen atoms in total. The van der Waals surface area contributed by atoms with E-state index >= 15 is 0 Å². The Kier molecular flexibility index (Phi) is 3.48. The first kappa shape index (κ1) is 11.7. The molecule has 0 aromatic heterocycles. The lowest BCUT2D eigenvalue weighted by Crippen LogP contribution is -2.40. The second-order valence-corrected chi connectivity index (χ2v) is 4.21. The van der Waals surface area contributed by atoms with Crippen LogP contribution in [-0.4, -0.2) is 43.3 Å². The highest BCUT2D eigenvalue weighted by Crippen LogP contribution is 2.32. The van der Waals surface area contributed by atoms with Crippen LogP contribution in [0.25, 0.3) is 0 Å². The minimum Gasteiger partial charge on any atom is -0.327 e. The van der Waals surface area contributed by atoms with Crippen LogP contribution in [0.15, 0.2) is 0 Å². The van der Waals surface area contributed by atoms with Gasteiger partial charge in [0.05, 0.1) is 12.6 Å². The van der Waals surface area contributed by atoms with Crippen molar-refractivity contribution in [2.45, 2.75) is 19.4 Å². The zero-order valence-corrected chi connectivity index (χ0v) is 9.12. The predicted octanol–water partition coefficient (Wildman–Crippen LogP) is -0.355. The zero-order chi connectivity index (χ0) is 11.5. The normalized spacial score (nSPS) is 29.9. The highest BCUT2D eigenvalue weighted by molar-refractivity contribution is 5.80. The number of hydrogen-bond acceptors (Lipinski definition) is 3. The standard InChI is InChI=1S/C11H16N2O2/c1-4-9-5-11(2,8-14)7-13(9)10(15)6-12-3/h1,8-9,12H,5-7H2,2-3H3/t9?,11-/m0/s1. The third-order valence-electron chi connectivity index (χ3n) is 2.69. The van der Waals surface area contributed by atoms with E-state index in [0.717, 1.165) is 6.29 Å². The fourth-order valence-corrected chi connectivity index (χ4v) is 1.86. The Morgan fingerprint density at radius 3 is 2.93 bits per heavy atom. The average Bonchev–Trinajstić information content (AvgIpc) is 2.57. The summed E-state index contributed by atoms with van der Waals surface area (Å²) >= 11 is 0. The first-order valence-electron chi connectivity index (χ1n) is 4.93. The molecule has 1 saturated heterocycles. The number of terminal acetylenes is 1. The highest BCUT2D eigenvalue weighted by atomic mass is 16.2. The fraction of sp³-hybridized carbons (Fsp3) is 0.636. The van der Waals surface area contributed by atoms with Gasteiger partial charge in [-0.25, -0.2) is 0 Å². The van der Waals surface area contributed by atoms with E-state index in [0.29, 0.717) is 13.0 Å². The van der Waals surface area contributed by atoms with Crippen LogP contribution in [-0.2, 0) is 9.59 Å². The molecule has 2 atom stereocenters. The number of likely N-dealkylation sites (N-methyl/N-ethyl adjacent to an activating group) is 1. The number of nitrogens with zero attached hydrogens (tertiary/aromatic N) is 1. The Morgan fingerprint density at radius 1 is 1.80 bits per heavy atom. The van der Waals surface area contributed by atoms with Crippen LogP contribution in [0, 0.1) is 17.8 Å². The SMILES string of the molecule is C#CC1C[C@](C)(C=O)CN1C(=O)CNC. The summed E-state index contributed by atoms with van der Waals surface area (Å²) in [6, 6.07) is -0.249. The summed E-state index contributed by atoms with van der Waals surface area (Å²) in [6.45, 7) is 2.51. The van der Waals surface area contributed by atoms with E-state index in [4.69, 9.17) is 6.42 Å². The molecule has 4 heteroatoms. The van der Waals surface area contributed by atoms with Crippen molar-refractivity contribution in [3.63, 3.8) is 0 Å². The van der Waals surface area contributed by atoms with E-state index in [2.05, 4.69) is 11.2 Å². The Bertz CT molecular complexity index is 308. The van der Waals surface area contributed by atoms with Crippen LogP contribution < -0.4 is 5.32 Å². The van der Waals surface area contributed by atoms with Gasteiger partial charge in [-0.2, -0.15) is 0 Å². The van der Waals surface area contributed by atoms with E-state index in [1.165, 1.54) is 0 Å². The van der Waals surface area contributed by atoms with Crippen LogP contribution in [0.2, 0.25) is 0 Å². The predicted molar refractivity (Wildman–Crippen MR) is 57.0 cm³/mol. The van der Waals surface area contributed by atoms with E-state index < -0.39 is 5.41 Å². The van der Waals surface area contributed by atoms with Gasteiger partial charge in [-0.05, 0) is 13.5 Å². The van der Waals surface area contributed by atoms with Crippen molar-refractivity contribution >= 4 is 12.2 Å². The lowest BCUT2D eigenvalue weighted by molar-refractivity contribution is -0.130. The summed E-state index contributed by atoms with van der Waals surface area (Å²) in [5.74, 6) is 2.51. The number of amides is 1. The molecule has 1 rings (SSSR count). The van der Waals surface area contributed by atoms with Gasteiger partial charge in [-0.15, -0.1) is 6.42 Å². The molecule has 0 bridgehead atoms. The Hall–Kier alpha value is -1.34. The Morgan fingerprint density at radius 2 is 2.47 bits per heavy atom. The highest BCUT2D eigenvalue weighted by Gasteiger charge is 2.41. The topological polar surface area (TPSA) is 49.4 Å². The Balaban J connectivity index is 2.77. The molecule has 0 radical (unpaired) electrons. The van der Waals surface area contributed by atoms with Crippen LogP contribution in [0.4, 0.5) is 0 Å². The van der Waals surface area contributed by atoms with Crippen LogP contribution in [0.1, 0.15) is 13.3 Å². The largest absolute Gasteiger partial charge is 0.327 e. The molecule has 1 heterocycles. The Labute approximate surface area is 90.0 Å². The molecule has 1 N–H and O–H groups in total. The van der Waals surface area contributed by atoms with Crippen LogP contribution >= 0.6 is 0 Å². The molecule has 1 aliphatic heterocycles. The molecule has 1 amide bonds. The van der Waals surface area contributed by atoms with Crippen molar-refractivity contribution < 1.29 is 9.59 Å². The summed E-state index contributed by atoms with van der Waals surface area (Å²) in [5.41, 5.74) is -0.486. The van der Waals surface area contributed by atoms with E-state index in [1.54, 1.807) is 11.9 Å². The van der Waals surface area contributed by atoms with Gasteiger partial charge >= 0.3 is 0 Å². The number of carbonyl (C=O) groups excluding carboxylic acids is 2. The molecule has 0 aliphatic carbocycles. The number of likely N-dealkylation sites (tertiary alicyclic amines) is 1. The summed E-state index contributed by atoms with van der Waals surface area (Å²) < 4.78 is 0. The average molecular weight is 208 g/mol. The molecular weight excluding hydrogens is 192 g/mol. The second-order valence-electron chi connectivity index (χ2n) is 4.21. The molecule has 0 spiro atoms. The lowest BCUT2D eigenvalue weighted by atomic mass is 9.90. The molecular formula is C11H16N2O2. The summed E-state index contributed by atoms with van der Waals surface area (Å²) in [5, 5.41) is 2.79. The van der Waals surface area contributed by atoms with Gasteiger partial charge in [0.25, 0.3) is 0 Å². The molecule has 82 valence electrons. The van der Waals surface area contributed by atoms with E-state index in [9.17, 15) is 9.59 Å². The molecule has 0 aromatic rings. The molecule has 0 aromatic carbocycles. The minimum absolute atomic E-state index is 0.0500. The van der Waals surface area contributed by atoms with Crippen LogP contribution in [0.5, 0.6) is 0 Å². The summed E-state index contributed by atoms with van der Waals surface area (Å²) in [6.07, 6.45) is 6.80. The zero-order valence-electron chi connectivity index (χ0n) is 9.12. The second kappa shape index (κ2) is 4.45. The first-order valence-corrected chi connectivity index (χ1v) is 4.93. The van der Waals surface area contributed by atoms with Crippen molar-refractivity contribution in [1.29, 1.82) is 0 Å². The van der Waals surface area contributed by atoms with Crippen molar-refractivity contribution in [2.24, 2.45) is 5.41 Å². The first-order chi connectivity index (χ1) is 7.06.